The lowest BCUT2D eigenvalue weighted by Crippen LogP contribution is -1.97. The van der Waals surface area contributed by atoms with Gasteiger partial charge in [-0.3, -0.25) is 0 Å². The van der Waals surface area contributed by atoms with Gasteiger partial charge in [0.05, 0.1) is 12.7 Å². The maximum atomic E-state index is 14.2. The lowest BCUT2D eigenvalue weighted by Gasteiger charge is -2.12. The summed E-state index contributed by atoms with van der Waals surface area (Å²) in [6.45, 7) is 12.9. The monoisotopic (exact) mass is 288 g/mol. The van der Waals surface area contributed by atoms with E-state index in [1.807, 2.05) is 20.0 Å². The highest BCUT2D eigenvalue weighted by molar-refractivity contribution is 5.87. The minimum Gasteiger partial charge on any atom is -0.496 e. The molecule has 0 bridgehead atoms. The first-order valence-corrected chi connectivity index (χ1v) is 6.78. The zero-order valence-corrected chi connectivity index (χ0v) is 13.0. The van der Waals surface area contributed by atoms with Crippen molar-refractivity contribution in [2.75, 3.05) is 7.11 Å². The van der Waals surface area contributed by atoms with E-state index in [0.717, 1.165) is 0 Å². The van der Waals surface area contributed by atoms with Crippen LogP contribution in [0, 0.1) is 0 Å². The van der Waals surface area contributed by atoms with Crippen molar-refractivity contribution >= 4 is 11.2 Å². The Morgan fingerprint density at radius 1 is 1.38 bits per heavy atom. The standard InChI is InChI=1S/C15H15FN2O.C2H6/c1-5-11(14(16)10(2)3)13-12(19-4)6-8-18-9-7-17-15(13)18;1-2/h5-9H,1-2H2,3-4H3;1-2H3/b14-11-;. The van der Waals surface area contributed by atoms with Gasteiger partial charge in [0, 0.05) is 24.2 Å². The molecule has 0 unspecified atom stereocenters. The Morgan fingerprint density at radius 3 is 2.57 bits per heavy atom. The summed E-state index contributed by atoms with van der Waals surface area (Å²) >= 11 is 0. The smallest absolute Gasteiger partial charge is 0.148 e. The highest BCUT2D eigenvalue weighted by Crippen LogP contribution is 2.34. The van der Waals surface area contributed by atoms with Gasteiger partial charge in [-0.25, -0.2) is 9.37 Å². The van der Waals surface area contributed by atoms with Crippen LogP contribution < -0.4 is 4.74 Å². The van der Waals surface area contributed by atoms with Gasteiger partial charge in [0.25, 0.3) is 0 Å². The Balaban J connectivity index is 0.00000106. The summed E-state index contributed by atoms with van der Waals surface area (Å²) in [4.78, 5) is 4.24. The number of hydrogen-bond donors (Lipinski definition) is 0. The number of pyridine rings is 1. The number of imidazole rings is 1. The third-order valence-electron chi connectivity index (χ3n) is 2.83. The molecular weight excluding hydrogens is 267 g/mol. The number of allylic oxidation sites excluding steroid dienone is 4. The molecule has 0 saturated heterocycles. The van der Waals surface area contributed by atoms with Gasteiger partial charge in [-0.15, -0.1) is 0 Å². The van der Waals surface area contributed by atoms with Crippen molar-refractivity contribution in [1.82, 2.24) is 9.38 Å². The number of nitrogens with zero attached hydrogens (tertiary/aromatic N) is 2. The third kappa shape index (κ3) is 3.21. The van der Waals surface area contributed by atoms with E-state index in [0.29, 0.717) is 28.1 Å². The van der Waals surface area contributed by atoms with Gasteiger partial charge in [-0.2, -0.15) is 0 Å². The van der Waals surface area contributed by atoms with Crippen molar-refractivity contribution in [2.24, 2.45) is 0 Å². The van der Waals surface area contributed by atoms with Gasteiger partial charge in [0.15, 0.2) is 0 Å². The summed E-state index contributed by atoms with van der Waals surface area (Å²) in [6.07, 6.45) is 6.70. The molecule has 0 amide bonds. The highest BCUT2D eigenvalue weighted by atomic mass is 19.1. The van der Waals surface area contributed by atoms with Crippen LogP contribution in [-0.4, -0.2) is 16.5 Å². The van der Waals surface area contributed by atoms with Crippen molar-refractivity contribution in [3.8, 4) is 5.75 Å². The molecule has 4 heteroatoms. The summed E-state index contributed by atoms with van der Waals surface area (Å²) < 4.78 is 21.3. The minimum absolute atomic E-state index is 0.334. The molecule has 2 heterocycles. The van der Waals surface area contributed by atoms with Crippen molar-refractivity contribution in [2.45, 2.75) is 20.8 Å². The van der Waals surface area contributed by atoms with E-state index in [1.165, 1.54) is 13.2 Å². The van der Waals surface area contributed by atoms with Crippen molar-refractivity contribution in [3.63, 3.8) is 0 Å². The molecule has 2 aromatic rings. The fourth-order valence-corrected chi connectivity index (χ4v) is 1.92. The van der Waals surface area contributed by atoms with Crippen molar-refractivity contribution in [3.05, 3.63) is 60.9 Å². The van der Waals surface area contributed by atoms with Crippen LogP contribution in [0.3, 0.4) is 0 Å². The van der Waals surface area contributed by atoms with Crippen LogP contribution >= 0.6 is 0 Å². The van der Waals surface area contributed by atoms with Crippen LogP contribution in [0.1, 0.15) is 26.3 Å². The van der Waals surface area contributed by atoms with Crippen molar-refractivity contribution < 1.29 is 9.13 Å². The van der Waals surface area contributed by atoms with E-state index in [9.17, 15) is 4.39 Å². The van der Waals surface area contributed by atoms with Crippen molar-refractivity contribution in [1.29, 1.82) is 0 Å². The summed E-state index contributed by atoms with van der Waals surface area (Å²) in [5.41, 5.74) is 1.86. The Labute approximate surface area is 125 Å². The van der Waals surface area contributed by atoms with Gasteiger partial charge < -0.3 is 9.14 Å². The molecular formula is C17H21FN2O. The first kappa shape index (κ1) is 16.7. The molecule has 2 rings (SSSR count). The third-order valence-corrected chi connectivity index (χ3v) is 2.83. The topological polar surface area (TPSA) is 26.5 Å². The van der Waals surface area contributed by atoms with E-state index in [1.54, 1.807) is 29.8 Å². The fraction of sp³-hybridized carbons (Fsp3) is 0.235. The van der Waals surface area contributed by atoms with E-state index < -0.39 is 5.83 Å². The van der Waals surface area contributed by atoms with Crippen LogP contribution in [0.25, 0.3) is 11.2 Å². The molecule has 0 atom stereocenters. The van der Waals surface area contributed by atoms with Gasteiger partial charge in [0.1, 0.15) is 17.2 Å². The van der Waals surface area contributed by atoms with E-state index in [2.05, 4.69) is 18.1 Å². The normalized spacial score (nSPS) is 11.3. The lowest BCUT2D eigenvalue weighted by atomic mass is 10.0. The van der Waals surface area contributed by atoms with E-state index in [4.69, 9.17) is 4.74 Å². The first-order chi connectivity index (χ1) is 10.1. The summed E-state index contributed by atoms with van der Waals surface area (Å²) in [5.74, 6) is 0.134. The average Bonchev–Trinajstić information content (AvgIpc) is 2.98. The molecule has 112 valence electrons. The predicted molar refractivity (Wildman–Crippen MR) is 86.1 cm³/mol. The van der Waals surface area contributed by atoms with E-state index >= 15 is 0 Å². The van der Waals surface area contributed by atoms with Crippen LogP contribution in [0.4, 0.5) is 4.39 Å². The molecule has 0 spiro atoms. The number of rotatable bonds is 4. The predicted octanol–water partition coefficient (Wildman–Crippen LogP) is 4.81. The number of halogens is 1. The second-order valence-electron chi connectivity index (χ2n) is 4.13. The highest BCUT2D eigenvalue weighted by Gasteiger charge is 2.17. The molecule has 0 aliphatic rings. The van der Waals surface area contributed by atoms with Crippen LogP contribution in [0.15, 0.2) is 55.3 Å². The molecule has 2 aromatic heterocycles. The minimum atomic E-state index is -0.413. The molecule has 0 radical (unpaired) electrons. The second kappa shape index (κ2) is 7.43. The lowest BCUT2D eigenvalue weighted by molar-refractivity contribution is 0.413. The molecule has 21 heavy (non-hydrogen) atoms. The number of aromatic nitrogens is 2. The van der Waals surface area contributed by atoms with Crippen LogP contribution in [0.2, 0.25) is 0 Å². The number of methoxy groups -OCH3 is 1. The molecule has 0 aliphatic carbocycles. The van der Waals surface area contributed by atoms with Crippen LogP contribution in [0.5, 0.6) is 5.75 Å². The fourth-order valence-electron chi connectivity index (χ4n) is 1.92. The average molecular weight is 288 g/mol. The van der Waals surface area contributed by atoms with Gasteiger partial charge in [-0.1, -0.05) is 33.1 Å². The largest absolute Gasteiger partial charge is 0.496 e. The quantitative estimate of drug-likeness (QED) is 0.755. The number of hydrogen-bond acceptors (Lipinski definition) is 2. The Kier molecular flexibility index (Phi) is 5.91. The second-order valence-corrected chi connectivity index (χ2v) is 4.13. The Bertz CT molecular complexity index is 683. The SMILES string of the molecule is C=C/C(=C(/F)C(=C)C)c1c(OC)ccn2ccnc12.CC. The summed E-state index contributed by atoms with van der Waals surface area (Å²) in [5, 5.41) is 0. The van der Waals surface area contributed by atoms with Gasteiger partial charge >= 0.3 is 0 Å². The molecule has 3 nitrogen and oxygen atoms in total. The molecule has 0 aliphatic heterocycles. The maximum absolute atomic E-state index is 14.2. The zero-order chi connectivity index (χ0) is 16.0. The van der Waals surface area contributed by atoms with Gasteiger partial charge in [0.2, 0.25) is 0 Å². The Hall–Kier alpha value is -2.36. The summed E-state index contributed by atoms with van der Waals surface area (Å²) in [7, 11) is 1.54. The molecule has 0 saturated carbocycles. The molecule has 0 fully saturated rings. The van der Waals surface area contributed by atoms with E-state index in [-0.39, 0.29) is 0 Å². The number of ether oxygens (including phenoxy) is 1. The van der Waals surface area contributed by atoms with Gasteiger partial charge in [-0.05, 0) is 18.6 Å². The molecule has 0 N–H and O–H groups in total. The zero-order valence-electron chi connectivity index (χ0n) is 13.0. The maximum Gasteiger partial charge on any atom is 0.148 e. The summed E-state index contributed by atoms with van der Waals surface area (Å²) in [6, 6.07) is 1.76. The first-order valence-electron chi connectivity index (χ1n) is 6.78. The van der Waals surface area contributed by atoms with Crippen LogP contribution in [-0.2, 0) is 0 Å². The molecule has 0 aromatic carbocycles. The number of fused-ring (bicyclic) bond motifs is 1. The Morgan fingerprint density at radius 2 is 2.05 bits per heavy atom.